The summed E-state index contributed by atoms with van der Waals surface area (Å²) < 4.78 is 16.5. The number of carbonyl (C=O) groups is 2. The molecule has 2 rings (SSSR count). The summed E-state index contributed by atoms with van der Waals surface area (Å²) in [4.78, 5) is 24.1. The minimum atomic E-state index is -0.888. The van der Waals surface area contributed by atoms with Crippen LogP contribution >= 0.6 is 0 Å². The number of ether oxygens (including phenoxy) is 3. The Morgan fingerprint density at radius 2 is 1.96 bits per heavy atom. The predicted molar refractivity (Wildman–Crippen MR) is 100 cm³/mol. The van der Waals surface area contributed by atoms with Crippen LogP contribution in [0.25, 0.3) is 0 Å². The number of rotatable bonds is 10. The van der Waals surface area contributed by atoms with Gasteiger partial charge in [-0.15, -0.1) is 0 Å². The third kappa shape index (κ3) is 6.13. The number of aliphatic carboxylic acids is 1. The smallest absolute Gasteiger partial charge is 0.308 e. The SMILES string of the molecule is CCCOc1ccc(C(=O)NCC(C(=O)O)C2CCOCC2)cc1OCC. The molecule has 1 aromatic carbocycles. The lowest BCUT2D eigenvalue weighted by Gasteiger charge is -2.27. The number of carbonyl (C=O) groups excluding carboxylic acids is 1. The Morgan fingerprint density at radius 1 is 1.22 bits per heavy atom. The zero-order chi connectivity index (χ0) is 19.6. The quantitative estimate of drug-likeness (QED) is 0.649. The highest BCUT2D eigenvalue weighted by Gasteiger charge is 2.30. The molecule has 1 unspecified atom stereocenters. The first-order chi connectivity index (χ1) is 13.1. The zero-order valence-electron chi connectivity index (χ0n) is 16.0. The summed E-state index contributed by atoms with van der Waals surface area (Å²) >= 11 is 0. The van der Waals surface area contributed by atoms with Crippen LogP contribution in [0.5, 0.6) is 11.5 Å². The van der Waals surface area contributed by atoms with E-state index in [1.54, 1.807) is 18.2 Å². The number of amides is 1. The fraction of sp³-hybridized carbons (Fsp3) is 0.600. The second-order valence-electron chi connectivity index (χ2n) is 6.55. The molecular weight excluding hydrogens is 350 g/mol. The van der Waals surface area contributed by atoms with Crippen molar-refractivity contribution in [3.8, 4) is 11.5 Å². The Hall–Kier alpha value is -2.28. The Balaban J connectivity index is 2.02. The summed E-state index contributed by atoms with van der Waals surface area (Å²) in [5, 5.41) is 12.3. The normalized spacial score (nSPS) is 15.8. The van der Waals surface area contributed by atoms with Gasteiger partial charge in [0.05, 0.1) is 19.1 Å². The largest absolute Gasteiger partial charge is 0.490 e. The third-order valence-electron chi connectivity index (χ3n) is 4.60. The molecule has 2 N–H and O–H groups in total. The topological polar surface area (TPSA) is 94.1 Å². The molecule has 1 atom stereocenters. The van der Waals surface area contributed by atoms with Crippen molar-refractivity contribution < 1.29 is 28.9 Å². The van der Waals surface area contributed by atoms with Gasteiger partial charge in [-0.3, -0.25) is 9.59 Å². The molecule has 0 bridgehead atoms. The first-order valence-corrected chi connectivity index (χ1v) is 9.55. The van der Waals surface area contributed by atoms with Gasteiger partial charge in [-0.25, -0.2) is 0 Å². The van der Waals surface area contributed by atoms with Crippen molar-refractivity contribution in [3.05, 3.63) is 23.8 Å². The fourth-order valence-corrected chi connectivity index (χ4v) is 3.13. The average molecular weight is 379 g/mol. The van der Waals surface area contributed by atoms with E-state index in [1.807, 2.05) is 13.8 Å². The van der Waals surface area contributed by atoms with Gasteiger partial charge in [0.1, 0.15) is 0 Å². The van der Waals surface area contributed by atoms with E-state index in [4.69, 9.17) is 14.2 Å². The summed E-state index contributed by atoms with van der Waals surface area (Å²) in [7, 11) is 0. The van der Waals surface area contributed by atoms with Crippen LogP contribution in [0.2, 0.25) is 0 Å². The lowest BCUT2D eigenvalue weighted by atomic mass is 9.86. The maximum Gasteiger partial charge on any atom is 0.308 e. The molecule has 1 aromatic rings. The summed E-state index contributed by atoms with van der Waals surface area (Å²) in [6.07, 6.45) is 2.27. The van der Waals surface area contributed by atoms with Crippen molar-refractivity contribution in [2.24, 2.45) is 11.8 Å². The molecule has 1 saturated heterocycles. The second-order valence-corrected chi connectivity index (χ2v) is 6.55. The van der Waals surface area contributed by atoms with Crippen molar-refractivity contribution in [3.63, 3.8) is 0 Å². The van der Waals surface area contributed by atoms with E-state index in [2.05, 4.69) is 5.32 Å². The maximum atomic E-state index is 12.5. The molecule has 7 nitrogen and oxygen atoms in total. The van der Waals surface area contributed by atoms with Crippen molar-refractivity contribution >= 4 is 11.9 Å². The van der Waals surface area contributed by atoms with Gasteiger partial charge in [-0.2, -0.15) is 0 Å². The Morgan fingerprint density at radius 3 is 2.59 bits per heavy atom. The first-order valence-electron chi connectivity index (χ1n) is 9.55. The summed E-state index contributed by atoms with van der Waals surface area (Å²) in [6.45, 7) is 6.13. The summed E-state index contributed by atoms with van der Waals surface area (Å²) in [5.41, 5.74) is 0.415. The lowest BCUT2D eigenvalue weighted by Crippen LogP contribution is -2.39. The number of carboxylic acid groups (broad SMARTS) is 1. The number of nitrogens with one attached hydrogen (secondary N) is 1. The van der Waals surface area contributed by atoms with Crippen LogP contribution in [-0.2, 0) is 9.53 Å². The number of hydrogen-bond donors (Lipinski definition) is 2. The Labute approximate surface area is 160 Å². The van der Waals surface area contributed by atoms with E-state index in [9.17, 15) is 14.7 Å². The molecule has 150 valence electrons. The minimum absolute atomic E-state index is 0.0142. The van der Waals surface area contributed by atoms with Crippen LogP contribution in [0, 0.1) is 11.8 Å². The molecule has 0 saturated carbocycles. The van der Waals surface area contributed by atoms with Gasteiger partial charge in [0, 0.05) is 25.3 Å². The molecule has 1 aliphatic heterocycles. The van der Waals surface area contributed by atoms with E-state index in [0.717, 1.165) is 6.42 Å². The summed E-state index contributed by atoms with van der Waals surface area (Å²) in [5.74, 6) is -0.702. The average Bonchev–Trinajstić information content (AvgIpc) is 2.67. The predicted octanol–water partition coefficient (Wildman–Crippen LogP) is 2.73. The molecule has 0 radical (unpaired) electrons. The van der Waals surface area contributed by atoms with Crippen molar-refractivity contribution in [1.29, 1.82) is 0 Å². The van der Waals surface area contributed by atoms with Crippen LogP contribution in [0.4, 0.5) is 0 Å². The first kappa shape index (κ1) is 21.0. The van der Waals surface area contributed by atoms with Gasteiger partial charge < -0.3 is 24.6 Å². The Kier molecular flexibility index (Phi) is 8.39. The van der Waals surface area contributed by atoms with Crippen LogP contribution in [0.15, 0.2) is 18.2 Å². The molecule has 1 amide bonds. The summed E-state index contributed by atoms with van der Waals surface area (Å²) in [6, 6.07) is 5.00. The van der Waals surface area contributed by atoms with Crippen LogP contribution in [0.3, 0.4) is 0 Å². The van der Waals surface area contributed by atoms with E-state index >= 15 is 0 Å². The van der Waals surface area contributed by atoms with Crippen molar-refractivity contribution in [2.45, 2.75) is 33.1 Å². The number of benzene rings is 1. The van der Waals surface area contributed by atoms with Gasteiger partial charge >= 0.3 is 5.97 Å². The highest BCUT2D eigenvalue weighted by Crippen LogP contribution is 2.29. The second kappa shape index (κ2) is 10.8. The van der Waals surface area contributed by atoms with E-state index in [-0.39, 0.29) is 18.4 Å². The molecule has 1 heterocycles. The highest BCUT2D eigenvalue weighted by molar-refractivity contribution is 5.95. The van der Waals surface area contributed by atoms with E-state index in [1.165, 1.54) is 0 Å². The molecule has 0 aliphatic carbocycles. The van der Waals surface area contributed by atoms with Gasteiger partial charge in [-0.1, -0.05) is 6.92 Å². The molecule has 0 spiro atoms. The monoisotopic (exact) mass is 379 g/mol. The third-order valence-corrected chi connectivity index (χ3v) is 4.60. The molecule has 0 aromatic heterocycles. The van der Waals surface area contributed by atoms with E-state index < -0.39 is 11.9 Å². The zero-order valence-corrected chi connectivity index (χ0v) is 16.0. The Bertz CT molecular complexity index is 627. The minimum Gasteiger partial charge on any atom is -0.490 e. The van der Waals surface area contributed by atoms with Crippen molar-refractivity contribution in [1.82, 2.24) is 5.32 Å². The highest BCUT2D eigenvalue weighted by atomic mass is 16.5. The van der Waals surface area contributed by atoms with Crippen LogP contribution < -0.4 is 14.8 Å². The standard InChI is InChI=1S/C20H29NO6/c1-3-9-27-17-6-5-15(12-18(17)26-4-2)19(22)21-13-16(20(23)24)14-7-10-25-11-8-14/h5-6,12,14,16H,3-4,7-11,13H2,1-2H3,(H,21,22)(H,23,24). The van der Waals surface area contributed by atoms with Gasteiger partial charge in [-0.05, 0) is 50.3 Å². The molecule has 27 heavy (non-hydrogen) atoms. The van der Waals surface area contributed by atoms with Gasteiger partial charge in [0.25, 0.3) is 5.91 Å². The van der Waals surface area contributed by atoms with E-state index in [0.29, 0.717) is 56.3 Å². The lowest BCUT2D eigenvalue weighted by molar-refractivity contribution is -0.144. The number of hydrogen-bond acceptors (Lipinski definition) is 5. The molecule has 7 heteroatoms. The van der Waals surface area contributed by atoms with Crippen molar-refractivity contribution in [2.75, 3.05) is 33.0 Å². The number of carboxylic acids is 1. The van der Waals surface area contributed by atoms with Crippen LogP contribution in [0.1, 0.15) is 43.5 Å². The molecular formula is C20H29NO6. The molecule has 1 fully saturated rings. The van der Waals surface area contributed by atoms with Gasteiger partial charge in [0.15, 0.2) is 11.5 Å². The molecule has 1 aliphatic rings. The fourth-order valence-electron chi connectivity index (χ4n) is 3.13. The van der Waals surface area contributed by atoms with Crippen LogP contribution in [-0.4, -0.2) is 50.0 Å². The maximum absolute atomic E-state index is 12.5. The van der Waals surface area contributed by atoms with Gasteiger partial charge in [0.2, 0.25) is 0 Å².